The van der Waals surface area contributed by atoms with E-state index in [9.17, 15) is 5.11 Å². The lowest BCUT2D eigenvalue weighted by atomic mass is 9.84. The van der Waals surface area contributed by atoms with Gasteiger partial charge in [0.25, 0.3) is 0 Å². The highest BCUT2D eigenvalue weighted by atomic mass is 16.3. The zero-order chi connectivity index (χ0) is 11.4. The summed E-state index contributed by atoms with van der Waals surface area (Å²) in [6.45, 7) is 5.02. The van der Waals surface area contributed by atoms with Crippen molar-refractivity contribution >= 4 is 0 Å². The summed E-state index contributed by atoms with van der Waals surface area (Å²) in [5.41, 5.74) is 5.82. The van der Waals surface area contributed by atoms with Gasteiger partial charge in [0, 0.05) is 0 Å². The lowest BCUT2D eigenvalue weighted by molar-refractivity contribution is 0.0512. The molecule has 92 valence electrons. The Labute approximate surface area is 98.6 Å². The highest BCUT2D eigenvalue weighted by Crippen LogP contribution is 2.70. The van der Waals surface area contributed by atoms with Crippen LogP contribution in [0.25, 0.3) is 0 Å². The van der Waals surface area contributed by atoms with Gasteiger partial charge < -0.3 is 10.8 Å². The van der Waals surface area contributed by atoms with E-state index in [0.717, 1.165) is 23.7 Å². The van der Waals surface area contributed by atoms with E-state index in [2.05, 4.69) is 13.8 Å². The lowest BCUT2D eigenvalue weighted by Crippen LogP contribution is -2.35. The molecule has 0 saturated heterocycles. The van der Waals surface area contributed by atoms with Crippen LogP contribution in [0, 0.1) is 41.4 Å². The summed E-state index contributed by atoms with van der Waals surface area (Å²) in [5, 5.41) is 10.5. The first-order chi connectivity index (χ1) is 7.65. The summed E-state index contributed by atoms with van der Waals surface area (Å²) < 4.78 is 0. The van der Waals surface area contributed by atoms with Gasteiger partial charge in [0.15, 0.2) is 0 Å². The second-order valence-corrected chi connectivity index (χ2v) is 6.70. The summed E-state index contributed by atoms with van der Waals surface area (Å²) in [5.74, 6) is 5.11. The standard InChI is InChI=1S/C14H25NO/c1-7(2)10(6-15)14(16)13-11-8-3-4-9(5-8)12(11)13/h7-14,16H,3-6,15H2,1-2H3. The van der Waals surface area contributed by atoms with Crippen molar-refractivity contribution < 1.29 is 5.11 Å². The van der Waals surface area contributed by atoms with E-state index < -0.39 is 0 Å². The van der Waals surface area contributed by atoms with E-state index in [0.29, 0.717) is 24.3 Å². The van der Waals surface area contributed by atoms with Crippen molar-refractivity contribution in [1.29, 1.82) is 0 Å². The molecule has 3 saturated carbocycles. The molecular weight excluding hydrogens is 198 g/mol. The second kappa shape index (κ2) is 3.71. The number of hydrogen-bond acceptors (Lipinski definition) is 2. The minimum Gasteiger partial charge on any atom is -0.392 e. The largest absolute Gasteiger partial charge is 0.392 e. The maximum atomic E-state index is 10.5. The van der Waals surface area contributed by atoms with Crippen LogP contribution in [0.2, 0.25) is 0 Å². The van der Waals surface area contributed by atoms with Gasteiger partial charge >= 0.3 is 0 Å². The molecule has 0 aromatic carbocycles. The van der Waals surface area contributed by atoms with E-state index in [1.165, 1.54) is 19.3 Å². The Morgan fingerprint density at radius 2 is 1.75 bits per heavy atom. The SMILES string of the molecule is CC(C)C(CN)C(O)C1C2C3CCC(C3)C21. The van der Waals surface area contributed by atoms with Crippen LogP contribution in [-0.2, 0) is 0 Å². The number of nitrogens with two attached hydrogens (primary N) is 1. The minimum absolute atomic E-state index is 0.122. The molecule has 0 spiro atoms. The number of aliphatic hydroxyl groups excluding tert-OH is 1. The zero-order valence-electron chi connectivity index (χ0n) is 10.5. The van der Waals surface area contributed by atoms with Crippen molar-refractivity contribution in [3.63, 3.8) is 0 Å². The van der Waals surface area contributed by atoms with Crippen molar-refractivity contribution in [3.05, 3.63) is 0 Å². The Bertz CT molecular complexity index is 262. The van der Waals surface area contributed by atoms with Crippen molar-refractivity contribution in [2.45, 2.75) is 39.2 Å². The normalized spacial score (nSPS) is 48.2. The number of rotatable bonds is 4. The molecule has 0 aromatic heterocycles. The Hall–Kier alpha value is -0.0800. The second-order valence-electron chi connectivity index (χ2n) is 6.70. The molecule has 6 atom stereocenters. The van der Waals surface area contributed by atoms with Crippen molar-refractivity contribution in [2.24, 2.45) is 47.2 Å². The Balaban J connectivity index is 1.67. The molecular formula is C14H25NO. The molecule has 2 nitrogen and oxygen atoms in total. The van der Waals surface area contributed by atoms with Crippen LogP contribution in [0.5, 0.6) is 0 Å². The van der Waals surface area contributed by atoms with Gasteiger partial charge in [0.1, 0.15) is 0 Å². The van der Waals surface area contributed by atoms with Gasteiger partial charge in [-0.1, -0.05) is 13.8 Å². The number of fused-ring (bicyclic) bond motifs is 5. The first kappa shape index (κ1) is 11.0. The summed E-state index contributed by atoms with van der Waals surface area (Å²) >= 11 is 0. The average molecular weight is 223 g/mol. The zero-order valence-corrected chi connectivity index (χ0v) is 10.5. The first-order valence-electron chi connectivity index (χ1n) is 7.03. The van der Waals surface area contributed by atoms with Crippen LogP contribution in [0.4, 0.5) is 0 Å². The quantitative estimate of drug-likeness (QED) is 0.764. The minimum atomic E-state index is -0.122. The van der Waals surface area contributed by atoms with Crippen molar-refractivity contribution in [1.82, 2.24) is 0 Å². The summed E-state index contributed by atoms with van der Waals surface area (Å²) in [7, 11) is 0. The molecule has 0 heterocycles. The molecule has 16 heavy (non-hydrogen) atoms. The highest BCUT2D eigenvalue weighted by Gasteiger charge is 2.67. The predicted molar refractivity (Wildman–Crippen MR) is 64.7 cm³/mol. The molecule has 0 aromatic rings. The molecule has 3 rings (SSSR count). The molecule has 3 aliphatic rings. The molecule has 3 fully saturated rings. The van der Waals surface area contributed by atoms with Crippen LogP contribution in [-0.4, -0.2) is 17.8 Å². The van der Waals surface area contributed by atoms with Crippen LogP contribution in [0.15, 0.2) is 0 Å². The van der Waals surface area contributed by atoms with Gasteiger partial charge in [-0.2, -0.15) is 0 Å². The summed E-state index contributed by atoms with van der Waals surface area (Å²) in [4.78, 5) is 0. The van der Waals surface area contributed by atoms with Crippen LogP contribution in [0.3, 0.4) is 0 Å². The van der Waals surface area contributed by atoms with Gasteiger partial charge in [-0.3, -0.25) is 0 Å². The van der Waals surface area contributed by atoms with Gasteiger partial charge in [0.2, 0.25) is 0 Å². The average Bonchev–Trinajstić information content (AvgIpc) is 2.68. The van der Waals surface area contributed by atoms with E-state index in [-0.39, 0.29) is 6.10 Å². The molecule has 2 heteroatoms. The molecule has 3 aliphatic carbocycles. The molecule has 6 unspecified atom stereocenters. The maximum absolute atomic E-state index is 10.5. The third kappa shape index (κ3) is 1.39. The molecule has 3 N–H and O–H groups in total. The first-order valence-corrected chi connectivity index (χ1v) is 7.03. The Morgan fingerprint density at radius 3 is 2.19 bits per heavy atom. The van der Waals surface area contributed by atoms with Gasteiger partial charge in [0.05, 0.1) is 6.10 Å². The topological polar surface area (TPSA) is 46.2 Å². The predicted octanol–water partition coefficient (Wildman–Crippen LogP) is 1.87. The Kier molecular flexibility index (Phi) is 2.56. The number of hydrogen-bond donors (Lipinski definition) is 2. The third-order valence-electron chi connectivity index (χ3n) is 5.76. The van der Waals surface area contributed by atoms with Crippen molar-refractivity contribution in [2.75, 3.05) is 6.54 Å². The highest BCUT2D eigenvalue weighted by molar-refractivity contribution is 5.15. The van der Waals surface area contributed by atoms with E-state index in [4.69, 9.17) is 5.73 Å². The summed E-state index contributed by atoms with van der Waals surface area (Å²) in [6.07, 6.45) is 4.21. The summed E-state index contributed by atoms with van der Waals surface area (Å²) in [6, 6.07) is 0. The van der Waals surface area contributed by atoms with Gasteiger partial charge in [-0.05, 0) is 67.2 Å². The van der Waals surface area contributed by atoms with E-state index in [1.54, 1.807) is 0 Å². The van der Waals surface area contributed by atoms with Crippen LogP contribution in [0.1, 0.15) is 33.1 Å². The number of aliphatic hydroxyl groups is 1. The maximum Gasteiger partial charge on any atom is 0.0616 e. The van der Waals surface area contributed by atoms with Crippen LogP contribution < -0.4 is 5.73 Å². The smallest absolute Gasteiger partial charge is 0.0616 e. The fourth-order valence-electron chi connectivity index (χ4n) is 4.94. The van der Waals surface area contributed by atoms with Crippen molar-refractivity contribution in [3.8, 4) is 0 Å². The van der Waals surface area contributed by atoms with Gasteiger partial charge in [-0.25, -0.2) is 0 Å². The van der Waals surface area contributed by atoms with Gasteiger partial charge in [-0.15, -0.1) is 0 Å². The molecule has 2 bridgehead atoms. The third-order valence-corrected chi connectivity index (χ3v) is 5.76. The van der Waals surface area contributed by atoms with E-state index in [1.807, 2.05) is 0 Å². The fourth-order valence-corrected chi connectivity index (χ4v) is 4.94. The van der Waals surface area contributed by atoms with E-state index >= 15 is 0 Å². The van der Waals surface area contributed by atoms with Crippen LogP contribution >= 0.6 is 0 Å². The monoisotopic (exact) mass is 223 g/mol. The molecule has 0 aliphatic heterocycles. The molecule has 0 radical (unpaired) electrons. The Morgan fingerprint density at radius 1 is 1.19 bits per heavy atom. The fraction of sp³-hybridized carbons (Fsp3) is 1.00. The molecule has 0 amide bonds. The lowest BCUT2D eigenvalue weighted by Gasteiger charge is -2.27.